The summed E-state index contributed by atoms with van der Waals surface area (Å²) in [6, 6.07) is 74.5. The molecular formula is C50H34N2. The average molecular weight is 663 g/mol. The van der Waals surface area contributed by atoms with Crippen LogP contribution in [-0.4, -0.2) is 4.57 Å². The quantitative estimate of drug-likeness (QED) is 0.172. The van der Waals surface area contributed by atoms with E-state index in [0.717, 1.165) is 22.7 Å². The zero-order valence-electron chi connectivity index (χ0n) is 28.5. The van der Waals surface area contributed by atoms with Gasteiger partial charge in [-0.25, -0.2) is 0 Å². The number of para-hydroxylation sites is 2. The van der Waals surface area contributed by atoms with Crippen LogP contribution >= 0.6 is 0 Å². The predicted octanol–water partition coefficient (Wildman–Crippen LogP) is 13.9. The number of hydrogen-bond acceptors (Lipinski definition) is 1. The summed E-state index contributed by atoms with van der Waals surface area (Å²) in [5.41, 5.74) is 11.8. The molecule has 0 atom stereocenters. The van der Waals surface area contributed by atoms with E-state index >= 15 is 0 Å². The minimum absolute atomic E-state index is 1.11. The van der Waals surface area contributed by atoms with E-state index in [1.807, 2.05) is 0 Å². The minimum atomic E-state index is 1.11. The second kappa shape index (κ2) is 12.5. The average Bonchev–Trinajstić information content (AvgIpc) is 3.56. The van der Waals surface area contributed by atoms with E-state index in [0.29, 0.717) is 0 Å². The largest absolute Gasteiger partial charge is 0.310 e. The maximum atomic E-state index is 2.47. The molecule has 0 bridgehead atoms. The summed E-state index contributed by atoms with van der Waals surface area (Å²) in [7, 11) is 0. The van der Waals surface area contributed by atoms with Gasteiger partial charge in [0.15, 0.2) is 0 Å². The molecule has 10 aromatic rings. The minimum Gasteiger partial charge on any atom is -0.310 e. The van der Waals surface area contributed by atoms with E-state index < -0.39 is 0 Å². The maximum Gasteiger partial charge on any atom is 0.0548 e. The summed E-state index contributed by atoms with van der Waals surface area (Å²) >= 11 is 0. The molecule has 0 spiro atoms. The second-order valence-electron chi connectivity index (χ2n) is 13.3. The molecule has 0 fully saturated rings. The number of nitrogens with zero attached hydrogens (tertiary/aromatic N) is 2. The van der Waals surface area contributed by atoms with Crippen LogP contribution in [0.3, 0.4) is 0 Å². The Kier molecular flexibility index (Phi) is 7.18. The van der Waals surface area contributed by atoms with Crippen LogP contribution in [0.25, 0.3) is 71.3 Å². The van der Waals surface area contributed by atoms with Gasteiger partial charge in [0, 0.05) is 32.9 Å². The molecule has 0 radical (unpaired) electrons. The van der Waals surface area contributed by atoms with Gasteiger partial charge in [-0.3, -0.25) is 0 Å². The van der Waals surface area contributed by atoms with Gasteiger partial charge in [0.25, 0.3) is 0 Å². The Bertz CT molecular complexity index is 2870. The monoisotopic (exact) mass is 662 g/mol. The number of fused-ring (bicyclic) bond motifs is 6. The van der Waals surface area contributed by atoms with Gasteiger partial charge in [-0.2, -0.15) is 0 Å². The van der Waals surface area contributed by atoms with Crippen LogP contribution in [0, 0.1) is 0 Å². The standard InChI is InChI=1S/C50H34N2/c1-4-15-35(16-5-1)36-27-30-40(31-28-36)51(39-20-8-3-9-21-39)46-33-34-47(43-23-11-10-22-42(43)46)52-45-26-13-12-24-44(45)50-48(52)32-29-38-19-14-25-41(49(38)50)37-17-6-2-7-18-37/h1-34H. The Morgan fingerprint density at radius 3 is 1.67 bits per heavy atom. The first-order valence-electron chi connectivity index (χ1n) is 17.9. The Labute approximate surface area is 303 Å². The van der Waals surface area contributed by atoms with Gasteiger partial charge in [0.05, 0.1) is 22.4 Å². The fourth-order valence-electron chi connectivity index (χ4n) is 8.05. The zero-order valence-corrected chi connectivity index (χ0v) is 28.5. The normalized spacial score (nSPS) is 11.5. The van der Waals surface area contributed by atoms with E-state index in [2.05, 4.69) is 216 Å². The van der Waals surface area contributed by atoms with Crippen molar-refractivity contribution in [2.24, 2.45) is 0 Å². The molecule has 0 aliphatic rings. The van der Waals surface area contributed by atoms with E-state index in [1.165, 1.54) is 65.6 Å². The van der Waals surface area contributed by atoms with Gasteiger partial charge in [-0.15, -0.1) is 0 Å². The fourth-order valence-corrected chi connectivity index (χ4v) is 8.05. The molecular weight excluding hydrogens is 629 g/mol. The summed E-state index contributed by atoms with van der Waals surface area (Å²) in [5.74, 6) is 0. The maximum absolute atomic E-state index is 2.47. The van der Waals surface area contributed by atoms with Crippen molar-refractivity contribution in [1.82, 2.24) is 4.57 Å². The van der Waals surface area contributed by atoms with Crippen molar-refractivity contribution >= 4 is 60.4 Å². The fraction of sp³-hybridized carbons (Fsp3) is 0. The molecule has 52 heavy (non-hydrogen) atoms. The third-order valence-corrected chi connectivity index (χ3v) is 10.4. The van der Waals surface area contributed by atoms with Gasteiger partial charge >= 0.3 is 0 Å². The zero-order chi connectivity index (χ0) is 34.4. The first-order valence-corrected chi connectivity index (χ1v) is 17.9. The first kappa shape index (κ1) is 30.0. The molecule has 0 saturated carbocycles. The highest BCUT2D eigenvalue weighted by atomic mass is 15.1. The lowest BCUT2D eigenvalue weighted by molar-refractivity contribution is 1.19. The van der Waals surface area contributed by atoms with Crippen molar-refractivity contribution in [2.45, 2.75) is 0 Å². The molecule has 9 aromatic carbocycles. The van der Waals surface area contributed by atoms with Crippen LogP contribution in [0.5, 0.6) is 0 Å². The number of anilines is 3. The third-order valence-electron chi connectivity index (χ3n) is 10.4. The van der Waals surface area contributed by atoms with Gasteiger partial charge in [-0.1, -0.05) is 158 Å². The lowest BCUT2D eigenvalue weighted by Crippen LogP contribution is -2.11. The van der Waals surface area contributed by atoms with Crippen LogP contribution in [0.1, 0.15) is 0 Å². The predicted molar refractivity (Wildman–Crippen MR) is 221 cm³/mol. The van der Waals surface area contributed by atoms with Crippen molar-refractivity contribution < 1.29 is 0 Å². The Hall–Kier alpha value is -6.90. The number of rotatable bonds is 6. The highest BCUT2D eigenvalue weighted by molar-refractivity contribution is 6.25. The molecule has 0 saturated heterocycles. The van der Waals surface area contributed by atoms with Crippen LogP contribution < -0.4 is 4.90 Å². The summed E-state index contributed by atoms with van der Waals surface area (Å²) < 4.78 is 2.47. The van der Waals surface area contributed by atoms with Gasteiger partial charge in [0.2, 0.25) is 0 Å². The lowest BCUT2D eigenvalue weighted by atomic mass is 9.94. The molecule has 1 aromatic heterocycles. The number of benzene rings is 9. The topological polar surface area (TPSA) is 8.17 Å². The first-order chi connectivity index (χ1) is 25.8. The molecule has 0 unspecified atom stereocenters. The molecule has 0 N–H and O–H groups in total. The summed E-state index contributed by atoms with van der Waals surface area (Å²) in [4.78, 5) is 2.38. The SMILES string of the molecule is c1ccc(-c2ccc(N(c3ccccc3)c3ccc(-n4c5ccccc5c5c6c(-c7ccccc7)cccc6ccc54)c4ccccc34)cc2)cc1. The molecule has 244 valence electrons. The summed E-state index contributed by atoms with van der Waals surface area (Å²) in [6.45, 7) is 0. The number of aromatic nitrogens is 1. The van der Waals surface area contributed by atoms with Crippen molar-refractivity contribution in [1.29, 1.82) is 0 Å². The molecule has 10 rings (SSSR count). The van der Waals surface area contributed by atoms with E-state index in [1.54, 1.807) is 0 Å². The van der Waals surface area contributed by atoms with Crippen LogP contribution in [0.2, 0.25) is 0 Å². The highest BCUT2D eigenvalue weighted by Gasteiger charge is 2.21. The highest BCUT2D eigenvalue weighted by Crippen LogP contribution is 2.45. The summed E-state index contributed by atoms with van der Waals surface area (Å²) in [6.07, 6.45) is 0. The van der Waals surface area contributed by atoms with E-state index in [-0.39, 0.29) is 0 Å². The van der Waals surface area contributed by atoms with Crippen molar-refractivity contribution in [3.63, 3.8) is 0 Å². The Balaban J connectivity index is 1.21. The molecule has 0 aliphatic carbocycles. The molecule has 2 heteroatoms. The van der Waals surface area contributed by atoms with Gasteiger partial charge in [0.1, 0.15) is 0 Å². The Morgan fingerprint density at radius 2 is 0.923 bits per heavy atom. The van der Waals surface area contributed by atoms with E-state index in [4.69, 9.17) is 0 Å². The van der Waals surface area contributed by atoms with Gasteiger partial charge in [-0.05, 0) is 81.6 Å². The Morgan fingerprint density at radius 1 is 0.327 bits per heavy atom. The van der Waals surface area contributed by atoms with Crippen molar-refractivity contribution in [3.05, 3.63) is 206 Å². The summed E-state index contributed by atoms with van der Waals surface area (Å²) in [5, 5.41) is 7.45. The van der Waals surface area contributed by atoms with E-state index in [9.17, 15) is 0 Å². The van der Waals surface area contributed by atoms with Crippen LogP contribution in [0.4, 0.5) is 17.1 Å². The van der Waals surface area contributed by atoms with Crippen LogP contribution in [0.15, 0.2) is 206 Å². The molecule has 1 heterocycles. The molecule has 2 nitrogen and oxygen atoms in total. The van der Waals surface area contributed by atoms with Crippen molar-refractivity contribution in [3.8, 4) is 27.9 Å². The number of hydrogen-bond donors (Lipinski definition) is 0. The second-order valence-corrected chi connectivity index (χ2v) is 13.3. The molecule has 0 amide bonds. The lowest BCUT2D eigenvalue weighted by Gasteiger charge is -2.28. The van der Waals surface area contributed by atoms with Crippen LogP contribution in [-0.2, 0) is 0 Å². The smallest absolute Gasteiger partial charge is 0.0548 e. The van der Waals surface area contributed by atoms with Gasteiger partial charge < -0.3 is 9.47 Å². The molecule has 0 aliphatic heterocycles. The van der Waals surface area contributed by atoms with Crippen molar-refractivity contribution in [2.75, 3.05) is 4.90 Å². The third kappa shape index (κ3) is 4.88.